The van der Waals surface area contributed by atoms with E-state index in [1.54, 1.807) is 11.3 Å². The minimum atomic E-state index is 0.0712. The lowest BCUT2D eigenvalue weighted by molar-refractivity contribution is 0.0634. The third-order valence-corrected chi connectivity index (χ3v) is 7.51. The first-order valence-electron chi connectivity index (χ1n) is 8.14. The molecule has 0 saturated heterocycles. The van der Waals surface area contributed by atoms with Crippen LogP contribution in [0.3, 0.4) is 0 Å². The van der Waals surface area contributed by atoms with Crippen molar-refractivity contribution in [1.29, 1.82) is 0 Å². The number of hydrogen-bond donors (Lipinski definition) is 2. The first-order valence-corrected chi connectivity index (χ1v) is 9.97. The molecule has 1 heterocycles. The number of hydrogen-bond acceptors (Lipinski definition) is 3. The maximum atomic E-state index is 12.7. The molecule has 2 unspecified atom stereocenters. The second-order valence-electron chi connectivity index (χ2n) is 6.99. The molecule has 2 fully saturated rings. The van der Waals surface area contributed by atoms with Crippen molar-refractivity contribution in [2.45, 2.75) is 38.6 Å². The zero-order valence-corrected chi connectivity index (χ0v) is 15.5. The van der Waals surface area contributed by atoms with E-state index in [1.807, 2.05) is 25.1 Å². The molecule has 23 heavy (non-hydrogen) atoms. The molecule has 2 aliphatic carbocycles. The SMILES string of the molecule is Cc1c(Cl)ccc2cc(C(=O)NC3C(CCS)CC34CC4)sc12. The van der Waals surface area contributed by atoms with E-state index in [2.05, 4.69) is 17.9 Å². The quantitative estimate of drug-likeness (QED) is 0.726. The third kappa shape index (κ3) is 2.59. The highest BCUT2D eigenvalue weighted by molar-refractivity contribution is 7.80. The van der Waals surface area contributed by atoms with Crippen LogP contribution in [0.2, 0.25) is 5.02 Å². The number of fused-ring (bicyclic) bond motifs is 1. The van der Waals surface area contributed by atoms with Crippen LogP contribution in [0.5, 0.6) is 0 Å². The van der Waals surface area contributed by atoms with Gasteiger partial charge in [0.1, 0.15) is 0 Å². The fourth-order valence-electron chi connectivity index (χ4n) is 4.03. The number of carbonyl (C=O) groups excluding carboxylic acids is 1. The van der Waals surface area contributed by atoms with Gasteiger partial charge in [-0.25, -0.2) is 0 Å². The summed E-state index contributed by atoms with van der Waals surface area (Å²) in [5.41, 5.74) is 1.47. The molecule has 1 amide bonds. The average Bonchev–Trinajstić information content (AvgIpc) is 3.21. The summed E-state index contributed by atoms with van der Waals surface area (Å²) >= 11 is 12.1. The Balaban J connectivity index is 1.56. The van der Waals surface area contributed by atoms with Gasteiger partial charge in [0.15, 0.2) is 0 Å². The normalized spacial score (nSPS) is 24.7. The van der Waals surface area contributed by atoms with Gasteiger partial charge in [-0.2, -0.15) is 12.6 Å². The molecule has 1 spiro atoms. The van der Waals surface area contributed by atoms with Crippen molar-refractivity contribution in [3.63, 3.8) is 0 Å². The minimum Gasteiger partial charge on any atom is -0.348 e. The Hall–Kier alpha value is -0.710. The topological polar surface area (TPSA) is 29.1 Å². The van der Waals surface area contributed by atoms with Gasteiger partial charge in [0.25, 0.3) is 5.91 Å². The lowest BCUT2D eigenvalue weighted by atomic mass is 9.65. The smallest absolute Gasteiger partial charge is 0.261 e. The van der Waals surface area contributed by atoms with Crippen LogP contribution in [0.25, 0.3) is 10.1 Å². The molecule has 0 bridgehead atoms. The lowest BCUT2D eigenvalue weighted by Gasteiger charge is -2.46. The first-order chi connectivity index (χ1) is 11.0. The molecule has 122 valence electrons. The number of thiophene rings is 1. The van der Waals surface area contributed by atoms with Crippen LogP contribution in [0, 0.1) is 18.3 Å². The number of benzene rings is 1. The van der Waals surface area contributed by atoms with Crippen molar-refractivity contribution in [2.75, 3.05) is 5.75 Å². The minimum absolute atomic E-state index is 0.0712. The number of amides is 1. The van der Waals surface area contributed by atoms with Crippen molar-refractivity contribution in [3.05, 3.63) is 33.7 Å². The summed E-state index contributed by atoms with van der Waals surface area (Å²) in [5.74, 6) is 1.57. The fraction of sp³-hybridized carbons (Fsp3) is 0.500. The molecule has 4 rings (SSSR count). The Bertz CT molecular complexity index is 781. The Morgan fingerprint density at radius 3 is 2.96 bits per heavy atom. The summed E-state index contributed by atoms with van der Waals surface area (Å²) < 4.78 is 1.12. The number of halogens is 1. The maximum absolute atomic E-state index is 12.7. The molecule has 2 aliphatic rings. The highest BCUT2D eigenvalue weighted by Crippen LogP contribution is 2.64. The van der Waals surface area contributed by atoms with Crippen molar-refractivity contribution in [2.24, 2.45) is 11.3 Å². The van der Waals surface area contributed by atoms with Crippen molar-refractivity contribution >= 4 is 51.6 Å². The standard InChI is InChI=1S/C18H20ClNOS2/c1-10-13(19)3-2-11-8-14(23-15(10)11)17(21)20-16-12(4-7-22)9-18(16)5-6-18/h2-3,8,12,16,22H,4-7,9H2,1H3,(H,20,21). The van der Waals surface area contributed by atoms with Gasteiger partial charge in [0.2, 0.25) is 0 Å². The summed E-state index contributed by atoms with van der Waals surface area (Å²) in [4.78, 5) is 13.5. The summed E-state index contributed by atoms with van der Waals surface area (Å²) in [7, 11) is 0. The molecule has 1 N–H and O–H groups in total. The highest BCUT2D eigenvalue weighted by atomic mass is 35.5. The average molecular weight is 366 g/mol. The molecular weight excluding hydrogens is 346 g/mol. The van der Waals surface area contributed by atoms with E-state index in [-0.39, 0.29) is 5.91 Å². The van der Waals surface area contributed by atoms with Gasteiger partial charge in [-0.15, -0.1) is 11.3 Å². The van der Waals surface area contributed by atoms with Gasteiger partial charge < -0.3 is 5.32 Å². The molecular formula is C18H20ClNOS2. The van der Waals surface area contributed by atoms with Gasteiger partial charge in [0, 0.05) is 15.8 Å². The lowest BCUT2D eigenvalue weighted by Crippen LogP contribution is -2.55. The molecule has 0 aliphatic heterocycles. The molecule has 2 atom stereocenters. The van der Waals surface area contributed by atoms with E-state index in [9.17, 15) is 4.79 Å². The van der Waals surface area contributed by atoms with Crippen LogP contribution < -0.4 is 5.32 Å². The molecule has 1 aromatic carbocycles. The molecule has 2 saturated carbocycles. The van der Waals surface area contributed by atoms with E-state index in [1.165, 1.54) is 19.3 Å². The largest absolute Gasteiger partial charge is 0.348 e. The van der Waals surface area contributed by atoms with E-state index < -0.39 is 0 Å². The molecule has 0 radical (unpaired) electrons. The highest BCUT2D eigenvalue weighted by Gasteiger charge is 2.61. The summed E-state index contributed by atoms with van der Waals surface area (Å²) in [6, 6.07) is 6.23. The van der Waals surface area contributed by atoms with Crippen LogP contribution in [0.4, 0.5) is 0 Å². The van der Waals surface area contributed by atoms with Crippen LogP contribution in [-0.4, -0.2) is 17.7 Å². The Morgan fingerprint density at radius 1 is 1.48 bits per heavy atom. The summed E-state index contributed by atoms with van der Waals surface area (Å²) in [6.07, 6.45) is 4.89. The van der Waals surface area contributed by atoms with Crippen molar-refractivity contribution in [1.82, 2.24) is 5.32 Å². The Kier molecular flexibility index (Phi) is 3.90. The van der Waals surface area contributed by atoms with Crippen LogP contribution in [0.1, 0.15) is 40.9 Å². The first kappa shape index (κ1) is 15.8. The van der Waals surface area contributed by atoms with Crippen molar-refractivity contribution < 1.29 is 4.79 Å². The van der Waals surface area contributed by atoms with Gasteiger partial charge in [-0.05, 0) is 72.8 Å². The van der Waals surface area contributed by atoms with E-state index >= 15 is 0 Å². The fourth-order valence-corrected chi connectivity index (χ4v) is 5.64. The third-order valence-electron chi connectivity index (χ3n) is 5.57. The van der Waals surface area contributed by atoms with Gasteiger partial charge >= 0.3 is 0 Å². The predicted octanol–water partition coefficient (Wildman–Crippen LogP) is 5.08. The number of carbonyl (C=O) groups is 1. The zero-order chi connectivity index (χ0) is 16.2. The van der Waals surface area contributed by atoms with E-state index in [0.717, 1.165) is 37.7 Å². The van der Waals surface area contributed by atoms with Crippen LogP contribution in [-0.2, 0) is 0 Å². The maximum Gasteiger partial charge on any atom is 0.261 e. The Morgan fingerprint density at radius 2 is 2.26 bits per heavy atom. The summed E-state index contributed by atoms with van der Waals surface area (Å²) in [6.45, 7) is 2.01. The van der Waals surface area contributed by atoms with Gasteiger partial charge in [0.05, 0.1) is 4.88 Å². The molecule has 2 aromatic rings. The van der Waals surface area contributed by atoms with Gasteiger partial charge in [-0.3, -0.25) is 4.79 Å². The van der Waals surface area contributed by atoms with E-state index in [4.69, 9.17) is 11.6 Å². The Labute approximate surface area is 151 Å². The monoisotopic (exact) mass is 365 g/mol. The number of nitrogens with one attached hydrogen (secondary N) is 1. The number of rotatable bonds is 4. The molecule has 2 nitrogen and oxygen atoms in total. The number of thiol groups is 1. The van der Waals surface area contributed by atoms with E-state index in [0.29, 0.717) is 17.4 Å². The van der Waals surface area contributed by atoms with Crippen LogP contribution >= 0.6 is 35.6 Å². The predicted molar refractivity (Wildman–Crippen MR) is 101 cm³/mol. The second-order valence-corrected chi connectivity index (χ2v) is 8.90. The molecule has 5 heteroatoms. The molecule has 1 aromatic heterocycles. The van der Waals surface area contributed by atoms with Crippen LogP contribution in [0.15, 0.2) is 18.2 Å². The number of aryl methyl sites for hydroxylation is 1. The van der Waals surface area contributed by atoms with Gasteiger partial charge in [-0.1, -0.05) is 17.7 Å². The zero-order valence-electron chi connectivity index (χ0n) is 13.1. The summed E-state index contributed by atoms with van der Waals surface area (Å²) in [5, 5.41) is 5.18. The second kappa shape index (κ2) is 5.68. The van der Waals surface area contributed by atoms with Crippen molar-refractivity contribution in [3.8, 4) is 0 Å².